The van der Waals surface area contributed by atoms with Crippen LogP contribution in [-0.4, -0.2) is 68.3 Å². The molecule has 0 amide bonds. The van der Waals surface area contributed by atoms with E-state index in [-0.39, 0.29) is 11.6 Å². The van der Waals surface area contributed by atoms with Gasteiger partial charge in [0.1, 0.15) is 12.0 Å². The van der Waals surface area contributed by atoms with Crippen LogP contribution in [0.5, 0.6) is 0 Å². The predicted octanol–water partition coefficient (Wildman–Crippen LogP) is 2.56. The molecule has 3 heterocycles. The molecule has 164 valence electrons. The molecule has 1 saturated heterocycles. The van der Waals surface area contributed by atoms with Gasteiger partial charge >= 0.3 is 0 Å². The van der Waals surface area contributed by atoms with Gasteiger partial charge in [0.15, 0.2) is 0 Å². The standard InChI is InChI=1S/C24H31N5O2/c1-24(31)7-5-18(6-8-24)29-22-21(14-25-16-26-22)19-4-3-17(13-20(19)23(29)30)15-28-11-9-27(2)10-12-28/h3-4,13-14,16,18,31H,5-12,15H2,1-2H3. The Kier molecular flexibility index (Phi) is 5.28. The van der Waals surface area contributed by atoms with Crippen molar-refractivity contribution < 1.29 is 5.11 Å². The zero-order valence-corrected chi connectivity index (χ0v) is 18.4. The summed E-state index contributed by atoms with van der Waals surface area (Å²) < 4.78 is 1.87. The summed E-state index contributed by atoms with van der Waals surface area (Å²) in [5, 5.41) is 13.0. The fourth-order valence-corrected chi connectivity index (χ4v) is 5.12. The molecule has 2 fully saturated rings. The van der Waals surface area contributed by atoms with Gasteiger partial charge in [-0.2, -0.15) is 0 Å². The molecule has 7 nitrogen and oxygen atoms in total. The molecule has 7 heteroatoms. The largest absolute Gasteiger partial charge is 0.390 e. The maximum Gasteiger partial charge on any atom is 0.260 e. The summed E-state index contributed by atoms with van der Waals surface area (Å²) in [6.07, 6.45) is 6.28. The monoisotopic (exact) mass is 421 g/mol. The number of fused-ring (bicyclic) bond motifs is 3. The molecule has 0 bridgehead atoms. The highest BCUT2D eigenvalue weighted by Crippen LogP contribution is 2.36. The van der Waals surface area contributed by atoms with Crippen LogP contribution in [0.15, 0.2) is 35.5 Å². The van der Waals surface area contributed by atoms with E-state index >= 15 is 0 Å². The summed E-state index contributed by atoms with van der Waals surface area (Å²) in [6, 6.07) is 6.31. The van der Waals surface area contributed by atoms with Crippen LogP contribution in [0.25, 0.3) is 21.8 Å². The first kappa shape index (κ1) is 20.5. The third kappa shape index (κ3) is 3.97. The summed E-state index contributed by atoms with van der Waals surface area (Å²) in [4.78, 5) is 27.3. The number of aliphatic hydroxyl groups is 1. The van der Waals surface area contributed by atoms with E-state index in [9.17, 15) is 9.90 Å². The number of nitrogens with zero attached hydrogens (tertiary/aromatic N) is 5. The van der Waals surface area contributed by atoms with Gasteiger partial charge in [-0.3, -0.25) is 14.3 Å². The highest BCUT2D eigenvalue weighted by molar-refractivity contribution is 6.04. The molecular formula is C24H31N5O2. The Labute approximate surface area is 182 Å². The first-order chi connectivity index (χ1) is 14.9. The molecule has 1 N–H and O–H groups in total. The Hall–Kier alpha value is -2.35. The lowest BCUT2D eigenvalue weighted by Crippen LogP contribution is -2.43. The minimum Gasteiger partial charge on any atom is -0.390 e. The van der Waals surface area contributed by atoms with E-state index in [1.54, 1.807) is 0 Å². The van der Waals surface area contributed by atoms with Crippen molar-refractivity contribution >= 4 is 21.8 Å². The Bertz CT molecular complexity index is 1150. The molecular weight excluding hydrogens is 390 g/mol. The van der Waals surface area contributed by atoms with E-state index in [0.29, 0.717) is 18.5 Å². The van der Waals surface area contributed by atoms with Crippen molar-refractivity contribution in [2.75, 3.05) is 33.2 Å². The van der Waals surface area contributed by atoms with Crippen molar-refractivity contribution in [1.29, 1.82) is 0 Å². The summed E-state index contributed by atoms with van der Waals surface area (Å²) in [5.41, 5.74) is 1.25. The molecule has 0 unspecified atom stereocenters. The Morgan fingerprint density at radius 3 is 2.58 bits per heavy atom. The molecule has 1 aromatic carbocycles. The molecule has 0 radical (unpaired) electrons. The maximum atomic E-state index is 13.7. The number of aromatic nitrogens is 3. The predicted molar refractivity (Wildman–Crippen MR) is 122 cm³/mol. The minimum absolute atomic E-state index is 0.0213. The highest BCUT2D eigenvalue weighted by atomic mass is 16.3. The van der Waals surface area contributed by atoms with Gasteiger partial charge in [-0.1, -0.05) is 12.1 Å². The molecule has 3 aromatic rings. The van der Waals surface area contributed by atoms with E-state index in [1.807, 2.05) is 17.7 Å². The zero-order chi connectivity index (χ0) is 21.6. The molecule has 2 aliphatic rings. The van der Waals surface area contributed by atoms with Crippen molar-refractivity contribution in [1.82, 2.24) is 24.3 Å². The van der Waals surface area contributed by atoms with Crippen LogP contribution in [0.3, 0.4) is 0 Å². The average molecular weight is 422 g/mol. The van der Waals surface area contributed by atoms with Crippen molar-refractivity contribution in [3.8, 4) is 0 Å². The zero-order valence-electron chi connectivity index (χ0n) is 18.4. The summed E-state index contributed by atoms with van der Waals surface area (Å²) >= 11 is 0. The first-order valence-corrected chi connectivity index (χ1v) is 11.3. The Morgan fingerprint density at radius 2 is 1.84 bits per heavy atom. The third-order valence-electron chi connectivity index (χ3n) is 7.14. The first-order valence-electron chi connectivity index (χ1n) is 11.3. The second-order valence-corrected chi connectivity index (χ2v) is 9.62. The van der Waals surface area contributed by atoms with Gasteiger partial charge in [-0.15, -0.1) is 0 Å². The fraction of sp³-hybridized carbons (Fsp3) is 0.542. The Balaban J connectivity index is 1.57. The lowest BCUT2D eigenvalue weighted by atomic mass is 9.83. The molecule has 1 aliphatic heterocycles. The van der Waals surface area contributed by atoms with Crippen molar-refractivity contribution in [2.24, 2.45) is 0 Å². The van der Waals surface area contributed by atoms with Crippen LogP contribution in [0, 0.1) is 0 Å². The summed E-state index contributed by atoms with van der Waals surface area (Å²) in [7, 11) is 2.16. The van der Waals surface area contributed by atoms with Crippen LogP contribution < -0.4 is 5.56 Å². The second-order valence-electron chi connectivity index (χ2n) is 9.62. The Morgan fingerprint density at radius 1 is 1.10 bits per heavy atom. The fourth-order valence-electron chi connectivity index (χ4n) is 5.12. The van der Waals surface area contributed by atoms with Crippen LogP contribution in [0.2, 0.25) is 0 Å². The van der Waals surface area contributed by atoms with Crippen LogP contribution in [0.4, 0.5) is 0 Å². The quantitative estimate of drug-likeness (QED) is 0.655. The highest BCUT2D eigenvalue weighted by Gasteiger charge is 2.31. The number of rotatable bonds is 3. The molecule has 0 atom stereocenters. The van der Waals surface area contributed by atoms with Gasteiger partial charge in [0.25, 0.3) is 5.56 Å². The number of piperazine rings is 1. The number of hydrogen-bond acceptors (Lipinski definition) is 6. The maximum absolute atomic E-state index is 13.7. The molecule has 1 saturated carbocycles. The van der Waals surface area contributed by atoms with Gasteiger partial charge in [-0.05, 0) is 56.7 Å². The molecule has 0 spiro atoms. The van der Waals surface area contributed by atoms with Gasteiger partial charge in [-0.25, -0.2) is 9.97 Å². The lowest BCUT2D eigenvalue weighted by molar-refractivity contribution is 0.0100. The summed E-state index contributed by atoms with van der Waals surface area (Å²) in [5.74, 6) is 0. The van der Waals surface area contributed by atoms with E-state index < -0.39 is 5.60 Å². The number of hydrogen-bond donors (Lipinski definition) is 1. The number of likely N-dealkylation sites (N-methyl/N-ethyl adjacent to an activating group) is 1. The van der Waals surface area contributed by atoms with Gasteiger partial charge in [0, 0.05) is 55.7 Å². The molecule has 2 aromatic heterocycles. The minimum atomic E-state index is -0.641. The lowest BCUT2D eigenvalue weighted by Gasteiger charge is -2.34. The van der Waals surface area contributed by atoms with E-state index in [1.165, 1.54) is 11.9 Å². The van der Waals surface area contributed by atoms with E-state index in [2.05, 4.69) is 45.0 Å². The average Bonchev–Trinajstić information content (AvgIpc) is 2.76. The van der Waals surface area contributed by atoms with Crippen molar-refractivity contribution in [3.63, 3.8) is 0 Å². The van der Waals surface area contributed by atoms with Gasteiger partial charge in [0.2, 0.25) is 0 Å². The van der Waals surface area contributed by atoms with E-state index in [0.717, 1.165) is 61.7 Å². The van der Waals surface area contributed by atoms with Gasteiger partial charge in [0.05, 0.1) is 5.60 Å². The SMILES string of the molecule is CN1CCN(Cc2ccc3c(c2)c(=O)n(C2CCC(C)(O)CC2)c2ncncc32)CC1. The number of benzene rings is 1. The topological polar surface area (TPSA) is 74.5 Å². The molecule has 5 rings (SSSR count). The third-order valence-corrected chi connectivity index (χ3v) is 7.14. The number of pyridine rings is 1. The van der Waals surface area contributed by atoms with Gasteiger partial charge < -0.3 is 10.0 Å². The van der Waals surface area contributed by atoms with Crippen LogP contribution >= 0.6 is 0 Å². The summed E-state index contributed by atoms with van der Waals surface area (Å²) in [6.45, 7) is 7.00. The van der Waals surface area contributed by atoms with Crippen molar-refractivity contribution in [3.05, 3.63) is 46.6 Å². The smallest absolute Gasteiger partial charge is 0.260 e. The second kappa shape index (κ2) is 7.97. The molecule has 1 aliphatic carbocycles. The molecule has 31 heavy (non-hydrogen) atoms. The van der Waals surface area contributed by atoms with Crippen molar-refractivity contribution in [2.45, 2.75) is 50.8 Å². The van der Waals surface area contributed by atoms with Crippen LogP contribution in [0.1, 0.15) is 44.2 Å². The van der Waals surface area contributed by atoms with E-state index in [4.69, 9.17) is 0 Å². The normalized spacial score (nSPS) is 26.0. The van der Waals surface area contributed by atoms with Crippen LogP contribution in [-0.2, 0) is 6.54 Å².